The van der Waals surface area contributed by atoms with Crippen molar-refractivity contribution < 1.29 is 12.8 Å². The molecule has 10 heteroatoms. The van der Waals surface area contributed by atoms with E-state index in [9.17, 15) is 12.8 Å². The Hall–Kier alpha value is -4.44. The first-order valence-corrected chi connectivity index (χ1v) is 13.6. The molecule has 2 N–H and O–H groups in total. The zero-order valence-electron chi connectivity index (χ0n) is 19.7. The topological polar surface area (TPSA) is 117 Å². The second kappa shape index (κ2) is 8.90. The quantitative estimate of drug-likeness (QED) is 0.326. The number of aromatic amines is 2. The molecule has 8 nitrogen and oxygen atoms in total. The van der Waals surface area contributed by atoms with E-state index in [0.717, 1.165) is 38.9 Å². The van der Waals surface area contributed by atoms with Crippen LogP contribution in [0.5, 0.6) is 0 Å². The monoisotopic (exact) mass is 512 g/mol. The summed E-state index contributed by atoms with van der Waals surface area (Å²) >= 11 is 0. The fourth-order valence-corrected chi connectivity index (χ4v) is 5.07. The van der Waals surface area contributed by atoms with Gasteiger partial charge in [-0.15, -0.1) is 0 Å². The van der Waals surface area contributed by atoms with Crippen molar-refractivity contribution >= 4 is 31.9 Å². The Kier molecular flexibility index (Phi) is 5.53. The van der Waals surface area contributed by atoms with Crippen LogP contribution in [0.2, 0.25) is 0 Å². The van der Waals surface area contributed by atoms with Crippen LogP contribution in [0.25, 0.3) is 55.7 Å². The number of pyridine rings is 3. The summed E-state index contributed by atoms with van der Waals surface area (Å²) in [5.41, 5.74) is 6.64. The molecular weight excluding hydrogens is 491 g/mol. The average molecular weight is 513 g/mol. The number of fused-ring (bicyclic) bond motifs is 2. The largest absolute Gasteiger partial charge is 0.338 e. The lowest BCUT2D eigenvalue weighted by molar-refractivity contribution is 0.600. The molecule has 0 aliphatic heterocycles. The lowest BCUT2D eigenvalue weighted by atomic mass is 10.00. The summed E-state index contributed by atoms with van der Waals surface area (Å²) in [6.45, 7) is 0. The highest BCUT2D eigenvalue weighted by Gasteiger charge is 2.16. The zero-order valence-corrected chi connectivity index (χ0v) is 20.6. The third-order valence-corrected chi connectivity index (χ3v) is 7.18. The molecule has 0 saturated heterocycles. The Labute approximate surface area is 211 Å². The van der Waals surface area contributed by atoms with E-state index >= 15 is 0 Å². The Morgan fingerprint density at radius 2 is 1.81 bits per heavy atom. The highest BCUT2D eigenvalue weighted by molar-refractivity contribution is 7.90. The van der Waals surface area contributed by atoms with Gasteiger partial charge < -0.3 is 4.98 Å². The van der Waals surface area contributed by atoms with Crippen LogP contribution >= 0.6 is 0 Å². The van der Waals surface area contributed by atoms with Crippen molar-refractivity contribution in [1.29, 1.82) is 0 Å². The number of sulfone groups is 1. The van der Waals surface area contributed by atoms with Gasteiger partial charge in [0, 0.05) is 52.9 Å². The molecule has 184 valence electrons. The molecule has 5 heterocycles. The number of aryl methyl sites for hydroxylation is 1. The smallest absolute Gasteiger partial charge is 0.181 e. The Morgan fingerprint density at radius 1 is 0.919 bits per heavy atom. The molecule has 0 saturated carbocycles. The summed E-state index contributed by atoms with van der Waals surface area (Å²) < 4.78 is 37.7. The van der Waals surface area contributed by atoms with Crippen molar-refractivity contribution in [3.63, 3.8) is 0 Å². The molecule has 0 aliphatic carbocycles. The molecule has 37 heavy (non-hydrogen) atoms. The third-order valence-electron chi connectivity index (χ3n) is 6.24. The predicted octanol–water partition coefficient (Wildman–Crippen LogP) is 4.96. The maximum atomic E-state index is 14.5. The van der Waals surface area contributed by atoms with Gasteiger partial charge in [0.1, 0.15) is 21.3 Å². The highest BCUT2D eigenvalue weighted by Crippen LogP contribution is 2.34. The minimum absolute atomic E-state index is 0.0437. The fraction of sp³-hybridized carbons (Fsp3) is 0.111. The van der Waals surface area contributed by atoms with Gasteiger partial charge in [-0.3, -0.25) is 10.1 Å². The lowest BCUT2D eigenvalue weighted by Gasteiger charge is -2.07. The second-order valence-corrected chi connectivity index (χ2v) is 11.2. The van der Waals surface area contributed by atoms with Crippen LogP contribution in [0, 0.1) is 5.82 Å². The van der Waals surface area contributed by atoms with Gasteiger partial charge >= 0.3 is 0 Å². The number of H-pyrrole nitrogens is 2. The van der Waals surface area contributed by atoms with Gasteiger partial charge in [0.15, 0.2) is 5.65 Å². The molecule has 0 aliphatic rings. The normalized spacial score (nSPS) is 11.9. The Balaban J connectivity index is 1.44. The number of aromatic nitrogens is 6. The molecule has 0 atom stereocenters. The molecule has 0 spiro atoms. The van der Waals surface area contributed by atoms with Crippen molar-refractivity contribution in [3.05, 3.63) is 84.7 Å². The Morgan fingerprint density at radius 3 is 2.62 bits per heavy atom. The van der Waals surface area contributed by atoms with Gasteiger partial charge in [-0.05, 0) is 59.5 Å². The van der Waals surface area contributed by atoms with E-state index < -0.39 is 15.7 Å². The molecule has 6 rings (SSSR count). The second-order valence-electron chi connectivity index (χ2n) is 8.97. The standard InChI is InChI=1S/C27H21FN6O2S/c1-37(35,36)8-5-16-9-18(11-20(28)10-16)21-4-7-30-26-22(21)13-24(32-26)25-23-12-19(15-31-27(23)34-33-25)17-3-2-6-29-14-17/h2-4,6-7,9-15H,5,8H2,1H3,(H,30,32)(H,31,33,34). The summed E-state index contributed by atoms with van der Waals surface area (Å²) in [5, 5.41) is 9.07. The van der Waals surface area contributed by atoms with E-state index in [0.29, 0.717) is 22.4 Å². The number of benzene rings is 1. The van der Waals surface area contributed by atoms with Crippen LogP contribution in [0.15, 0.2) is 73.3 Å². The van der Waals surface area contributed by atoms with E-state index in [1.807, 2.05) is 36.4 Å². The van der Waals surface area contributed by atoms with E-state index in [1.165, 1.54) is 18.4 Å². The Bertz CT molecular complexity index is 1880. The highest BCUT2D eigenvalue weighted by atomic mass is 32.2. The van der Waals surface area contributed by atoms with Crippen molar-refractivity contribution in [3.8, 4) is 33.6 Å². The van der Waals surface area contributed by atoms with Gasteiger partial charge in [0.2, 0.25) is 0 Å². The van der Waals surface area contributed by atoms with Crippen molar-refractivity contribution in [2.24, 2.45) is 0 Å². The number of rotatable bonds is 6. The number of nitrogens with zero attached hydrogens (tertiary/aromatic N) is 4. The molecule has 5 aromatic heterocycles. The van der Waals surface area contributed by atoms with Gasteiger partial charge in [0.05, 0.1) is 17.1 Å². The van der Waals surface area contributed by atoms with Crippen molar-refractivity contribution in [1.82, 2.24) is 30.1 Å². The average Bonchev–Trinajstić information content (AvgIpc) is 3.51. The van der Waals surface area contributed by atoms with Crippen molar-refractivity contribution in [2.75, 3.05) is 12.0 Å². The molecule has 0 radical (unpaired) electrons. The lowest BCUT2D eigenvalue weighted by Crippen LogP contribution is -2.06. The van der Waals surface area contributed by atoms with Gasteiger partial charge in [0.25, 0.3) is 0 Å². The predicted molar refractivity (Wildman–Crippen MR) is 141 cm³/mol. The number of hydrogen-bond acceptors (Lipinski definition) is 6. The molecule has 0 bridgehead atoms. The summed E-state index contributed by atoms with van der Waals surface area (Å²) in [6, 6.07) is 14.3. The van der Waals surface area contributed by atoms with Crippen LogP contribution in [-0.2, 0) is 16.3 Å². The summed E-state index contributed by atoms with van der Waals surface area (Å²) in [7, 11) is -3.16. The summed E-state index contributed by atoms with van der Waals surface area (Å²) in [4.78, 5) is 16.5. The van der Waals surface area contributed by atoms with E-state index in [4.69, 9.17) is 0 Å². The zero-order chi connectivity index (χ0) is 25.6. The fourth-order valence-electron chi connectivity index (χ4n) is 4.46. The molecular formula is C27H21FN6O2S. The molecule has 0 fully saturated rings. The number of halogens is 1. The van der Waals surface area contributed by atoms with E-state index in [1.54, 1.807) is 24.8 Å². The van der Waals surface area contributed by atoms with Crippen LogP contribution < -0.4 is 0 Å². The van der Waals surface area contributed by atoms with Gasteiger partial charge in [-0.1, -0.05) is 12.1 Å². The third kappa shape index (κ3) is 4.58. The summed E-state index contributed by atoms with van der Waals surface area (Å²) in [6.07, 6.45) is 8.34. The maximum absolute atomic E-state index is 14.5. The number of hydrogen-bond donors (Lipinski definition) is 2. The first-order valence-electron chi connectivity index (χ1n) is 11.5. The van der Waals surface area contributed by atoms with Crippen molar-refractivity contribution in [2.45, 2.75) is 6.42 Å². The number of nitrogens with one attached hydrogen (secondary N) is 2. The van der Waals surface area contributed by atoms with E-state index in [2.05, 4.69) is 30.1 Å². The van der Waals surface area contributed by atoms with Crippen LogP contribution in [0.1, 0.15) is 5.56 Å². The van der Waals surface area contributed by atoms with Crippen LogP contribution in [-0.4, -0.2) is 50.6 Å². The maximum Gasteiger partial charge on any atom is 0.181 e. The summed E-state index contributed by atoms with van der Waals surface area (Å²) in [5.74, 6) is -0.465. The van der Waals surface area contributed by atoms with Gasteiger partial charge in [-0.2, -0.15) is 5.10 Å². The molecule has 0 amide bonds. The minimum atomic E-state index is -3.16. The van der Waals surface area contributed by atoms with Gasteiger partial charge in [-0.25, -0.2) is 22.8 Å². The van der Waals surface area contributed by atoms with E-state index in [-0.39, 0.29) is 12.2 Å². The molecule has 6 aromatic rings. The molecule has 1 aromatic carbocycles. The van der Waals surface area contributed by atoms with Crippen LogP contribution in [0.4, 0.5) is 4.39 Å². The van der Waals surface area contributed by atoms with Crippen LogP contribution in [0.3, 0.4) is 0 Å². The first kappa shape index (κ1) is 23.0. The molecule has 0 unspecified atom stereocenters. The SMILES string of the molecule is CS(=O)(=O)CCc1cc(F)cc(-c2ccnc3[nH]c(-c4[nH]nc5ncc(-c6cccnc6)cc45)cc23)c1. The first-order chi connectivity index (χ1) is 17.8. The minimum Gasteiger partial charge on any atom is -0.338 e.